The van der Waals surface area contributed by atoms with Gasteiger partial charge in [-0.25, -0.2) is 4.68 Å². The van der Waals surface area contributed by atoms with Gasteiger partial charge in [0.25, 0.3) is 5.95 Å². The zero-order valence-corrected chi connectivity index (χ0v) is 10.7. The molecule has 0 bridgehead atoms. The molecule has 0 aliphatic carbocycles. The molecule has 4 N–H and O–H groups in total. The van der Waals surface area contributed by atoms with E-state index >= 15 is 0 Å². The Kier molecular flexibility index (Phi) is 4.24. The number of hydrogen-bond acceptors (Lipinski definition) is 7. The molecule has 0 aliphatic rings. The molecule has 1 atom stereocenters. The van der Waals surface area contributed by atoms with E-state index < -0.39 is 0 Å². The lowest BCUT2D eigenvalue weighted by atomic mass is 10.2. The topological polar surface area (TPSA) is 115 Å². The molecule has 19 heavy (non-hydrogen) atoms. The maximum atomic E-state index is 9.46. The van der Waals surface area contributed by atoms with Crippen LogP contribution in [0.4, 0.5) is 11.9 Å². The van der Waals surface area contributed by atoms with Gasteiger partial charge < -0.3 is 16.2 Å². The first kappa shape index (κ1) is 13.2. The molecular weight excluding hydrogens is 246 g/mol. The van der Waals surface area contributed by atoms with Crippen molar-refractivity contribution >= 4 is 11.9 Å². The second kappa shape index (κ2) is 6.10. The number of aliphatic hydroxyl groups excluding tert-OH is 1. The summed E-state index contributed by atoms with van der Waals surface area (Å²) in [5.41, 5.74) is 5.63. The third-order valence-corrected chi connectivity index (χ3v) is 2.58. The third kappa shape index (κ3) is 3.62. The van der Waals surface area contributed by atoms with Gasteiger partial charge in [-0.3, -0.25) is 0 Å². The van der Waals surface area contributed by atoms with Crippen LogP contribution < -0.4 is 11.1 Å². The van der Waals surface area contributed by atoms with E-state index in [4.69, 9.17) is 5.73 Å². The van der Waals surface area contributed by atoms with Crippen LogP contribution >= 0.6 is 0 Å². The number of hydrogen-bond donors (Lipinski definition) is 3. The summed E-state index contributed by atoms with van der Waals surface area (Å²) in [4.78, 5) is 12.2. The van der Waals surface area contributed by atoms with Crippen molar-refractivity contribution in [2.75, 3.05) is 17.6 Å². The Morgan fingerprint density at radius 1 is 1.42 bits per heavy atom. The molecule has 1 unspecified atom stereocenters. The van der Waals surface area contributed by atoms with Gasteiger partial charge in [-0.05, 0) is 18.9 Å². The molecule has 102 valence electrons. The fourth-order valence-electron chi connectivity index (χ4n) is 1.50. The highest BCUT2D eigenvalue weighted by Crippen LogP contribution is 2.06. The molecule has 0 aliphatic heterocycles. The minimum Gasteiger partial charge on any atom is -0.393 e. The van der Waals surface area contributed by atoms with Gasteiger partial charge in [0.05, 0.1) is 6.10 Å². The molecule has 2 rings (SSSR count). The molecule has 2 heterocycles. The highest BCUT2D eigenvalue weighted by molar-refractivity contribution is 5.34. The Morgan fingerprint density at radius 2 is 2.26 bits per heavy atom. The van der Waals surface area contributed by atoms with Crippen molar-refractivity contribution in [3.63, 3.8) is 0 Å². The molecule has 2 aromatic rings. The third-order valence-electron chi connectivity index (χ3n) is 2.58. The molecule has 8 nitrogen and oxygen atoms in total. The SMILES string of the molecule is CCC(O)CCNc1nc(N)nc(-n2cccn2)n1. The molecule has 0 saturated carbocycles. The van der Waals surface area contributed by atoms with E-state index in [-0.39, 0.29) is 12.1 Å². The van der Waals surface area contributed by atoms with Gasteiger partial charge in [0, 0.05) is 18.9 Å². The van der Waals surface area contributed by atoms with Gasteiger partial charge in [0.1, 0.15) is 0 Å². The van der Waals surface area contributed by atoms with Gasteiger partial charge in [-0.2, -0.15) is 20.1 Å². The van der Waals surface area contributed by atoms with Crippen LogP contribution in [-0.2, 0) is 0 Å². The van der Waals surface area contributed by atoms with Crippen molar-refractivity contribution in [2.24, 2.45) is 0 Å². The van der Waals surface area contributed by atoms with Crippen LogP contribution in [0.3, 0.4) is 0 Å². The summed E-state index contributed by atoms with van der Waals surface area (Å²) in [6.07, 6.45) is 4.38. The summed E-state index contributed by atoms with van der Waals surface area (Å²) in [6, 6.07) is 1.77. The van der Waals surface area contributed by atoms with Crippen molar-refractivity contribution < 1.29 is 5.11 Å². The minimum absolute atomic E-state index is 0.124. The van der Waals surface area contributed by atoms with Crippen molar-refractivity contribution in [1.29, 1.82) is 0 Å². The number of nitrogens with zero attached hydrogens (tertiary/aromatic N) is 5. The molecule has 8 heteroatoms. The first-order valence-electron chi connectivity index (χ1n) is 6.12. The van der Waals surface area contributed by atoms with Crippen LogP contribution in [0, 0.1) is 0 Å². The van der Waals surface area contributed by atoms with E-state index in [1.165, 1.54) is 4.68 Å². The maximum Gasteiger partial charge on any atom is 0.257 e. The number of rotatable bonds is 6. The smallest absolute Gasteiger partial charge is 0.257 e. The van der Waals surface area contributed by atoms with Gasteiger partial charge in [-0.15, -0.1) is 0 Å². The molecule has 0 aromatic carbocycles. The van der Waals surface area contributed by atoms with Crippen LogP contribution in [-0.4, -0.2) is 42.5 Å². The lowest BCUT2D eigenvalue weighted by molar-refractivity contribution is 0.164. The molecule has 0 saturated heterocycles. The zero-order chi connectivity index (χ0) is 13.7. The average molecular weight is 263 g/mol. The normalized spacial score (nSPS) is 12.3. The van der Waals surface area contributed by atoms with E-state index in [1.807, 2.05) is 6.92 Å². The maximum absolute atomic E-state index is 9.46. The first-order chi connectivity index (χ1) is 9.19. The predicted molar refractivity (Wildman–Crippen MR) is 70.8 cm³/mol. The Balaban J connectivity index is 2.05. The zero-order valence-electron chi connectivity index (χ0n) is 10.7. The van der Waals surface area contributed by atoms with Crippen LogP contribution in [0.2, 0.25) is 0 Å². The minimum atomic E-state index is -0.322. The Labute approximate surface area is 110 Å². The number of nitrogens with one attached hydrogen (secondary N) is 1. The molecular formula is C11H17N7O. The van der Waals surface area contributed by atoms with Crippen molar-refractivity contribution in [2.45, 2.75) is 25.9 Å². The molecule has 2 aromatic heterocycles. The summed E-state index contributed by atoms with van der Waals surface area (Å²) in [6.45, 7) is 2.50. The molecule has 0 amide bonds. The quantitative estimate of drug-likeness (QED) is 0.682. The van der Waals surface area contributed by atoms with Crippen LogP contribution in [0.15, 0.2) is 18.5 Å². The summed E-state index contributed by atoms with van der Waals surface area (Å²) < 4.78 is 1.50. The largest absolute Gasteiger partial charge is 0.393 e. The van der Waals surface area contributed by atoms with Gasteiger partial charge >= 0.3 is 0 Å². The van der Waals surface area contributed by atoms with Crippen molar-refractivity contribution in [3.8, 4) is 5.95 Å². The first-order valence-corrected chi connectivity index (χ1v) is 6.12. The monoisotopic (exact) mass is 263 g/mol. The Morgan fingerprint density at radius 3 is 2.95 bits per heavy atom. The summed E-state index contributed by atoms with van der Waals surface area (Å²) in [5.74, 6) is 0.858. The van der Waals surface area contributed by atoms with Gasteiger partial charge in [-0.1, -0.05) is 6.92 Å². The van der Waals surface area contributed by atoms with Crippen molar-refractivity contribution in [1.82, 2.24) is 24.7 Å². The number of nitrogens with two attached hydrogens (primary N) is 1. The van der Waals surface area contributed by atoms with Crippen molar-refractivity contribution in [3.05, 3.63) is 18.5 Å². The fraction of sp³-hybridized carbons (Fsp3) is 0.455. The second-order valence-electron chi connectivity index (χ2n) is 4.05. The summed E-state index contributed by atoms with van der Waals surface area (Å²) >= 11 is 0. The van der Waals surface area contributed by atoms with Gasteiger partial charge in [0.15, 0.2) is 0 Å². The van der Waals surface area contributed by atoms with E-state index in [0.29, 0.717) is 24.9 Å². The number of anilines is 2. The van der Waals surface area contributed by atoms with Crippen LogP contribution in [0.25, 0.3) is 5.95 Å². The van der Waals surface area contributed by atoms with Gasteiger partial charge in [0.2, 0.25) is 11.9 Å². The predicted octanol–water partition coefficient (Wildman–Crippen LogP) is 0.212. The molecule has 0 spiro atoms. The number of aliphatic hydroxyl groups is 1. The highest BCUT2D eigenvalue weighted by Gasteiger charge is 2.07. The van der Waals surface area contributed by atoms with Crippen LogP contribution in [0.1, 0.15) is 19.8 Å². The average Bonchev–Trinajstić information content (AvgIpc) is 2.91. The van der Waals surface area contributed by atoms with E-state index in [2.05, 4.69) is 25.4 Å². The summed E-state index contributed by atoms with van der Waals surface area (Å²) in [5, 5.41) is 16.5. The summed E-state index contributed by atoms with van der Waals surface area (Å²) in [7, 11) is 0. The van der Waals surface area contributed by atoms with E-state index in [1.54, 1.807) is 18.5 Å². The lowest BCUT2D eigenvalue weighted by Gasteiger charge is -2.09. The van der Waals surface area contributed by atoms with Crippen LogP contribution in [0.5, 0.6) is 0 Å². The highest BCUT2D eigenvalue weighted by atomic mass is 16.3. The number of aromatic nitrogens is 5. The second-order valence-corrected chi connectivity index (χ2v) is 4.05. The molecule has 0 fully saturated rings. The standard InChI is InChI=1S/C11H17N7O/c1-2-8(19)4-6-13-10-15-9(12)16-11(17-10)18-7-3-5-14-18/h3,5,7-8,19H,2,4,6H2,1H3,(H3,12,13,15,16,17). The fourth-order valence-corrected chi connectivity index (χ4v) is 1.50. The Bertz CT molecular complexity index is 514. The number of nitrogen functional groups attached to an aromatic ring is 1. The lowest BCUT2D eigenvalue weighted by Crippen LogP contribution is -2.15. The Hall–Kier alpha value is -2.22. The van der Waals surface area contributed by atoms with E-state index in [0.717, 1.165) is 6.42 Å². The molecule has 0 radical (unpaired) electrons. The van der Waals surface area contributed by atoms with E-state index in [9.17, 15) is 5.11 Å².